The van der Waals surface area contributed by atoms with Gasteiger partial charge < -0.3 is 19.9 Å². The number of aryl methyl sites for hydroxylation is 1. The van der Waals surface area contributed by atoms with E-state index in [0.717, 1.165) is 42.3 Å². The Morgan fingerprint density at radius 3 is 2.62 bits per heavy atom. The second-order valence-electron chi connectivity index (χ2n) is 8.05. The van der Waals surface area contributed by atoms with Gasteiger partial charge in [0.05, 0.1) is 19.3 Å². The van der Waals surface area contributed by atoms with Crippen molar-refractivity contribution in [3.63, 3.8) is 0 Å². The Morgan fingerprint density at radius 1 is 1.22 bits per heavy atom. The van der Waals surface area contributed by atoms with E-state index < -0.39 is 0 Å². The zero-order chi connectivity index (χ0) is 22.5. The lowest BCUT2D eigenvalue weighted by Crippen LogP contribution is -2.50. The Labute approximate surface area is 192 Å². The molecule has 168 valence electrons. The summed E-state index contributed by atoms with van der Waals surface area (Å²) >= 11 is 5.93. The van der Waals surface area contributed by atoms with Gasteiger partial charge in [-0.1, -0.05) is 28.9 Å². The van der Waals surface area contributed by atoms with Gasteiger partial charge in [0.15, 0.2) is 5.76 Å². The number of carbonyl (C=O) groups is 1. The molecule has 2 atom stereocenters. The van der Waals surface area contributed by atoms with Crippen LogP contribution in [0.1, 0.15) is 29.4 Å². The molecule has 1 saturated heterocycles. The Kier molecular flexibility index (Phi) is 6.97. The van der Waals surface area contributed by atoms with Crippen LogP contribution in [0.4, 0.5) is 10.5 Å². The molecule has 1 aliphatic heterocycles. The minimum atomic E-state index is -0.227. The van der Waals surface area contributed by atoms with Crippen molar-refractivity contribution < 1.29 is 14.1 Å². The van der Waals surface area contributed by atoms with Crippen LogP contribution in [0.5, 0.6) is 5.75 Å². The zero-order valence-corrected chi connectivity index (χ0v) is 18.9. The molecule has 7 nitrogen and oxygen atoms in total. The summed E-state index contributed by atoms with van der Waals surface area (Å²) in [6.45, 7) is 4.25. The summed E-state index contributed by atoms with van der Waals surface area (Å²) in [6.07, 6.45) is 0.817. The van der Waals surface area contributed by atoms with Crippen LogP contribution in [0.3, 0.4) is 0 Å². The quantitative estimate of drug-likeness (QED) is 0.558. The van der Waals surface area contributed by atoms with Gasteiger partial charge in [-0.2, -0.15) is 0 Å². The first kappa shape index (κ1) is 22.2. The van der Waals surface area contributed by atoms with E-state index in [1.165, 1.54) is 0 Å². The number of hydrogen-bond acceptors (Lipinski definition) is 5. The van der Waals surface area contributed by atoms with Gasteiger partial charge in [-0.3, -0.25) is 4.90 Å². The van der Waals surface area contributed by atoms with E-state index in [9.17, 15) is 4.79 Å². The smallest absolute Gasteiger partial charge is 0.319 e. The fourth-order valence-electron chi connectivity index (χ4n) is 4.10. The number of carbonyl (C=O) groups excluding carboxylic acids is 1. The second-order valence-corrected chi connectivity index (χ2v) is 8.49. The Balaban J connectivity index is 1.47. The van der Waals surface area contributed by atoms with E-state index in [1.807, 2.05) is 25.1 Å². The van der Waals surface area contributed by atoms with Crippen LogP contribution in [0.2, 0.25) is 5.02 Å². The number of aromatic nitrogens is 1. The predicted octanol–water partition coefficient (Wildman–Crippen LogP) is 4.82. The van der Waals surface area contributed by atoms with Crippen LogP contribution < -0.4 is 15.4 Å². The van der Waals surface area contributed by atoms with Gasteiger partial charge >= 0.3 is 6.03 Å². The molecule has 2 amide bonds. The Bertz CT molecular complexity index is 1040. The lowest BCUT2D eigenvalue weighted by Gasteiger charge is -2.39. The second kappa shape index (κ2) is 10.1. The molecule has 0 radical (unpaired) electrons. The number of methoxy groups -OCH3 is 1. The normalized spacial score (nSPS) is 18.8. The molecule has 1 unspecified atom stereocenters. The first-order valence-electron chi connectivity index (χ1n) is 10.6. The molecule has 8 heteroatoms. The number of urea groups is 1. The number of anilines is 1. The first-order valence-corrected chi connectivity index (χ1v) is 11.0. The fraction of sp³-hybridized carbons (Fsp3) is 0.333. The van der Waals surface area contributed by atoms with Crippen LogP contribution in [-0.2, 0) is 6.54 Å². The van der Waals surface area contributed by atoms with Crippen molar-refractivity contribution in [3.8, 4) is 5.75 Å². The monoisotopic (exact) mass is 454 g/mol. The van der Waals surface area contributed by atoms with Crippen molar-refractivity contribution in [1.29, 1.82) is 0 Å². The molecular weight excluding hydrogens is 428 g/mol. The number of benzene rings is 2. The highest BCUT2D eigenvalue weighted by Crippen LogP contribution is 2.30. The van der Waals surface area contributed by atoms with Gasteiger partial charge in [0.25, 0.3) is 0 Å². The highest BCUT2D eigenvalue weighted by atomic mass is 35.5. The molecule has 0 saturated carbocycles. The summed E-state index contributed by atoms with van der Waals surface area (Å²) in [7, 11) is 1.65. The lowest BCUT2D eigenvalue weighted by atomic mass is 9.86. The molecule has 2 N–H and O–H groups in total. The number of piperidine rings is 1. The highest BCUT2D eigenvalue weighted by Gasteiger charge is 2.32. The summed E-state index contributed by atoms with van der Waals surface area (Å²) < 4.78 is 10.7. The SMILES string of the molecule is COc1ccc(C2CN(Cc3cc(C)no3)CC[C@H]2NC(=O)Nc2ccc(Cl)cc2)cc1. The number of ether oxygens (including phenoxy) is 1. The highest BCUT2D eigenvalue weighted by molar-refractivity contribution is 6.30. The lowest BCUT2D eigenvalue weighted by molar-refractivity contribution is 0.155. The van der Waals surface area contributed by atoms with Crippen molar-refractivity contribution >= 4 is 23.3 Å². The van der Waals surface area contributed by atoms with Crippen LogP contribution >= 0.6 is 11.6 Å². The van der Waals surface area contributed by atoms with Crippen molar-refractivity contribution in [1.82, 2.24) is 15.4 Å². The number of nitrogens with zero attached hydrogens (tertiary/aromatic N) is 2. The average molecular weight is 455 g/mol. The van der Waals surface area contributed by atoms with Gasteiger partial charge in [0, 0.05) is 41.8 Å². The molecule has 1 aromatic heterocycles. The topological polar surface area (TPSA) is 79.6 Å². The molecule has 4 rings (SSSR count). The minimum Gasteiger partial charge on any atom is -0.497 e. The number of likely N-dealkylation sites (tertiary alicyclic amines) is 1. The maximum atomic E-state index is 12.7. The minimum absolute atomic E-state index is 0.0107. The molecule has 1 fully saturated rings. The summed E-state index contributed by atoms with van der Waals surface area (Å²) in [5.74, 6) is 1.78. The van der Waals surface area contributed by atoms with Crippen LogP contribution in [-0.4, -0.2) is 42.3 Å². The number of nitrogens with one attached hydrogen (secondary N) is 2. The van der Waals surface area contributed by atoms with E-state index in [2.05, 4.69) is 32.8 Å². The summed E-state index contributed by atoms with van der Waals surface area (Å²) in [5.41, 5.74) is 2.73. The predicted molar refractivity (Wildman–Crippen MR) is 124 cm³/mol. The number of halogens is 1. The molecule has 3 aromatic rings. The Morgan fingerprint density at radius 2 is 1.97 bits per heavy atom. The van der Waals surface area contributed by atoms with Crippen molar-refractivity contribution in [2.24, 2.45) is 0 Å². The van der Waals surface area contributed by atoms with Crippen LogP contribution in [0.25, 0.3) is 0 Å². The van der Waals surface area contributed by atoms with Gasteiger partial charge in [-0.25, -0.2) is 4.79 Å². The fourth-order valence-corrected chi connectivity index (χ4v) is 4.23. The maximum absolute atomic E-state index is 12.7. The van der Waals surface area contributed by atoms with E-state index in [4.69, 9.17) is 20.9 Å². The molecule has 0 spiro atoms. The average Bonchev–Trinajstić information content (AvgIpc) is 3.21. The molecular formula is C24H27ClN4O3. The van der Waals surface area contributed by atoms with Gasteiger partial charge in [-0.05, 0) is 55.3 Å². The van der Waals surface area contributed by atoms with Gasteiger partial charge in [-0.15, -0.1) is 0 Å². The third-order valence-corrected chi connectivity index (χ3v) is 5.97. The van der Waals surface area contributed by atoms with E-state index >= 15 is 0 Å². The zero-order valence-electron chi connectivity index (χ0n) is 18.2. The Hall–Kier alpha value is -3.03. The third kappa shape index (κ3) is 5.60. The standard InChI is InChI=1S/C24H27ClN4O3/c1-16-13-21(32-28-16)14-29-12-11-23(22(15-29)17-3-9-20(31-2)10-4-17)27-24(30)26-19-7-5-18(25)6-8-19/h3-10,13,22-23H,11-12,14-15H2,1-2H3,(H2,26,27,30)/t22?,23-/m1/s1. The molecule has 1 aliphatic rings. The summed E-state index contributed by atoms with van der Waals surface area (Å²) in [6, 6.07) is 16.8. The van der Waals surface area contributed by atoms with Gasteiger partial charge in [0.1, 0.15) is 5.75 Å². The van der Waals surface area contributed by atoms with Crippen molar-refractivity contribution in [3.05, 3.63) is 76.6 Å². The third-order valence-electron chi connectivity index (χ3n) is 5.72. The van der Waals surface area contributed by atoms with E-state index in [0.29, 0.717) is 17.3 Å². The molecule has 32 heavy (non-hydrogen) atoms. The summed E-state index contributed by atoms with van der Waals surface area (Å²) in [4.78, 5) is 15.0. The van der Waals surface area contributed by atoms with Crippen LogP contribution in [0.15, 0.2) is 59.1 Å². The van der Waals surface area contributed by atoms with E-state index in [-0.39, 0.29) is 18.0 Å². The van der Waals surface area contributed by atoms with Crippen LogP contribution in [0, 0.1) is 6.92 Å². The van der Waals surface area contributed by atoms with E-state index in [1.54, 1.807) is 31.4 Å². The van der Waals surface area contributed by atoms with Crippen molar-refractivity contribution in [2.75, 3.05) is 25.5 Å². The molecule has 0 bridgehead atoms. The number of rotatable bonds is 6. The maximum Gasteiger partial charge on any atom is 0.319 e. The number of amides is 2. The first-order chi connectivity index (χ1) is 15.5. The van der Waals surface area contributed by atoms with Crippen molar-refractivity contribution in [2.45, 2.75) is 31.8 Å². The van der Waals surface area contributed by atoms with Gasteiger partial charge in [0.2, 0.25) is 0 Å². The summed E-state index contributed by atoms with van der Waals surface area (Å²) in [5, 5.41) is 10.7. The molecule has 2 aromatic carbocycles. The molecule has 0 aliphatic carbocycles. The number of hydrogen-bond donors (Lipinski definition) is 2. The largest absolute Gasteiger partial charge is 0.497 e. The molecule has 2 heterocycles.